The second kappa shape index (κ2) is 5.07. The maximum atomic E-state index is 11.3. The summed E-state index contributed by atoms with van der Waals surface area (Å²) < 4.78 is 4.96. The molecule has 0 radical (unpaired) electrons. The van der Waals surface area contributed by atoms with Crippen LogP contribution in [-0.4, -0.2) is 35.5 Å². The summed E-state index contributed by atoms with van der Waals surface area (Å²) in [7, 11) is 0. The van der Waals surface area contributed by atoms with Crippen molar-refractivity contribution in [3.63, 3.8) is 0 Å². The summed E-state index contributed by atoms with van der Waals surface area (Å²) in [6, 6.07) is 0. The van der Waals surface area contributed by atoms with Crippen LogP contribution in [-0.2, 0) is 4.74 Å². The van der Waals surface area contributed by atoms with Crippen molar-refractivity contribution in [3.05, 3.63) is 0 Å². The van der Waals surface area contributed by atoms with Crippen molar-refractivity contribution in [1.29, 1.82) is 0 Å². The second-order valence-corrected chi connectivity index (χ2v) is 3.28. The summed E-state index contributed by atoms with van der Waals surface area (Å²) in [5.41, 5.74) is 0. The number of carbonyl (C=O) groups excluding carboxylic acids is 1. The van der Waals surface area contributed by atoms with E-state index in [1.807, 2.05) is 6.92 Å². The molecule has 1 unspecified atom stereocenters. The number of likely N-dealkylation sites (tertiary alicyclic amines) is 1. The molecule has 0 spiro atoms. The van der Waals surface area contributed by atoms with Gasteiger partial charge in [-0.25, -0.2) is 4.79 Å². The lowest BCUT2D eigenvalue weighted by Crippen LogP contribution is -2.35. The van der Waals surface area contributed by atoms with E-state index in [2.05, 4.69) is 0 Å². The molecule has 0 saturated carbocycles. The van der Waals surface area contributed by atoms with Gasteiger partial charge in [0.15, 0.2) is 0 Å². The van der Waals surface area contributed by atoms with Gasteiger partial charge in [0.1, 0.15) is 6.23 Å². The van der Waals surface area contributed by atoms with Gasteiger partial charge in [-0.1, -0.05) is 13.3 Å². The Balaban J connectivity index is 2.22. The molecule has 1 rings (SSSR count). The SMILES string of the molecule is CCCCOC(=O)N1CCCC1O. The maximum absolute atomic E-state index is 11.3. The molecule has 1 aliphatic rings. The fourth-order valence-corrected chi connectivity index (χ4v) is 1.35. The van der Waals surface area contributed by atoms with E-state index in [1.165, 1.54) is 4.90 Å². The first kappa shape index (κ1) is 10.3. The molecule has 1 atom stereocenters. The van der Waals surface area contributed by atoms with Crippen molar-refractivity contribution in [2.24, 2.45) is 0 Å². The van der Waals surface area contributed by atoms with Crippen molar-refractivity contribution in [2.45, 2.75) is 38.8 Å². The number of aliphatic hydroxyl groups is 1. The minimum atomic E-state index is -0.630. The number of hydrogen-bond acceptors (Lipinski definition) is 3. The molecule has 0 aromatic heterocycles. The maximum Gasteiger partial charge on any atom is 0.411 e. The molecule has 1 aliphatic heterocycles. The highest BCUT2D eigenvalue weighted by Gasteiger charge is 2.27. The number of nitrogens with zero attached hydrogens (tertiary/aromatic N) is 1. The fourth-order valence-electron chi connectivity index (χ4n) is 1.35. The Morgan fingerprint density at radius 2 is 2.46 bits per heavy atom. The third-order valence-electron chi connectivity index (χ3n) is 2.18. The van der Waals surface area contributed by atoms with Crippen LogP contribution < -0.4 is 0 Å². The Morgan fingerprint density at radius 3 is 3.00 bits per heavy atom. The molecule has 4 heteroatoms. The molecule has 1 amide bonds. The Hall–Kier alpha value is -0.770. The second-order valence-electron chi connectivity index (χ2n) is 3.28. The smallest absolute Gasteiger partial charge is 0.411 e. The zero-order valence-electron chi connectivity index (χ0n) is 8.03. The van der Waals surface area contributed by atoms with Crippen LogP contribution in [0.15, 0.2) is 0 Å². The van der Waals surface area contributed by atoms with E-state index < -0.39 is 6.23 Å². The quantitative estimate of drug-likeness (QED) is 0.678. The van der Waals surface area contributed by atoms with Crippen LogP contribution in [0.1, 0.15) is 32.6 Å². The van der Waals surface area contributed by atoms with E-state index in [-0.39, 0.29) is 6.09 Å². The Kier molecular flexibility index (Phi) is 4.02. The van der Waals surface area contributed by atoms with Crippen LogP contribution in [0.2, 0.25) is 0 Å². The molecule has 13 heavy (non-hydrogen) atoms. The summed E-state index contributed by atoms with van der Waals surface area (Å²) in [5.74, 6) is 0. The van der Waals surface area contributed by atoms with Gasteiger partial charge in [-0.05, 0) is 19.3 Å². The van der Waals surface area contributed by atoms with Gasteiger partial charge >= 0.3 is 6.09 Å². The van der Waals surface area contributed by atoms with Crippen molar-refractivity contribution in [1.82, 2.24) is 4.90 Å². The predicted molar refractivity (Wildman–Crippen MR) is 48.2 cm³/mol. The van der Waals surface area contributed by atoms with Crippen molar-refractivity contribution < 1.29 is 14.6 Å². The van der Waals surface area contributed by atoms with Crippen LogP contribution >= 0.6 is 0 Å². The molecule has 4 nitrogen and oxygen atoms in total. The Bertz CT molecular complexity index is 172. The van der Waals surface area contributed by atoms with Gasteiger partial charge in [-0.2, -0.15) is 0 Å². The number of hydrogen-bond donors (Lipinski definition) is 1. The molecular formula is C9H17NO3. The normalized spacial score (nSPS) is 22.0. The highest BCUT2D eigenvalue weighted by Crippen LogP contribution is 2.15. The van der Waals surface area contributed by atoms with E-state index in [1.54, 1.807) is 0 Å². The molecule has 0 bridgehead atoms. The zero-order valence-corrected chi connectivity index (χ0v) is 8.03. The van der Waals surface area contributed by atoms with Crippen molar-refractivity contribution in [2.75, 3.05) is 13.2 Å². The summed E-state index contributed by atoms with van der Waals surface area (Å²) in [6.45, 7) is 3.11. The van der Waals surface area contributed by atoms with E-state index in [0.717, 1.165) is 19.3 Å². The van der Waals surface area contributed by atoms with Gasteiger partial charge in [-0.3, -0.25) is 4.90 Å². The van der Waals surface area contributed by atoms with E-state index in [9.17, 15) is 9.90 Å². The fraction of sp³-hybridized carbons (Fsp3) is 0.889. The highest BCUT2D eigenvalue weighted by atomic mass is 16.6. The molecular weight excluding hydrogens is 170 g/mol. The van der Waals surface area contributed by atoms with Gasteiger partial charge in [0.05, 0.1) is 6.61 Å². The summed E-state index contributed by atoms with van der Waals surface area (Å²) in [5, 5.41) is 9.34. The first-order chi connectivity index (χ1) is 6.25. The highest BCUT2D eigenvalue weighted by molar-refractivity contribution is 5.68. The third kappa shape index (κ3) is 2.88. The minimum Gasteiger partial charge on any atom is -0.449 e. The molecule has 1 saturated heterocycles. The van der Waals surface area contributed by atoms with Crippen LogP contribution in [0.25, 0.3) is 0 Å². The van der Waals surface area contributed by atoms with Crippen LogP contribution in [0, 0.1) is 0 Å². The monoisotopic (exact) mass is 187 g/mol. The first-order valence-electron chi connectivity index (χ1n) is 4.87. The summed E-state index contributed by atoms with van der Waals surface area (Å²) >= 11 is 0. The first-order valence-corrected chi connectivity index (χ1v) is 4.87. The van der Waals surface area contributed by atoms with E-state index >= 15 is 0 Å². The zero-order chi connectivity index (χ0) is 9.68. The molecule has 0 aromatic carbocycles. The number of aliphatic hydroxyl groups excluding tert-OH is 1. The summed E-state index contributed by atoms with van der Waals surface area (Å²) in [6.07, 6.45) is 2.42. The van der Waals surface area contributed by atoms with Gasteiger partial charge in [0, 0.05) is 6.54 Å². The molecule has 76 valence electrons. The van der Waals surface area contributed by atoms with Crippen molar-refractivity contribution in [3.8, 4) is 0 Å². The Morgan fingerprint density at radius 1 is 1.69 bits per heavy atom. The predicted octanol–water partition coefficient (Wildman–Crippen LogP) is 1.34. The average molecular weight is 187 g/mol. The number of carbonyl (C=O) groups is 1. The largest absolute Gasteiger partial charge is 0.449 e. The Labute approximate surface area is 78.5 Å². The van der Waals surface area contributed by atoms with Gasteiger partial charge in [0.2, 0.25) is 0 Å². The number of unbranched alkanes of at least 4 members (excludes halogenated alkanes) is 1. The number of rotatable bonds is 3. The summed E-state index contributed by atoms with van der Waals surface area (Å²) in [4.78, 5) is 12.7. The lowest BCUT2D eigenvalue weighted by atomic mass is 10.4. The van der Waals surface area contributed by atoms with Gasteiger partial charge in [-0.15, -0.1) is 0 Å². The minimum absolute atomic E-state index is 0.376. The van der Waals surface area contributed by atoms with Gasteiger partial charge < -0.3 is 9.84 Å². The van der Waals surface area contributed by atoms with Crippen LogP contribution in [0.3, 0.4) is 0 Å². The van der Waals surface area contributed by atoms with E-state index in [4.69, 9.17) is 4.74 Å². The van der Waals surface area contributed by atoms with Crippen LogP contribution in [0.5, 0.6) is 0 Å². The number of ether oxygens (including phenoxy) is 1. The van der Waals surface area contributed by atoms with E-state index in [0.29, 0.717) is 19.6 Å². The van der Waals surface area contributed by atoms with Gasteiger partial charge in [0.25, 0.3) is 0 Å². The third-order valence-corrected chi connectivity index (χ3v) is 2.18. The average Bonchev–Trinajstić information content (AvgIpc) is 2.52. The lowest BCUT2D eigenvalue weighted by Gasteiger charge is -2.19. The van der Waals surface area contributed by atoms with Crippen LogP contribution in [0.4, 0.5) is 4.79 Å². The molecule has 1 fully saturated rings. The standard InChI is InChI=1S/C9H17NO3/c1-2-3-7-13-9(12)10-6-4-5-8(10)11/h8,11H,2-7H2,1H3. The molecule has 0 aliphatic carbocycles. The topological polar surface area (TPSA) is 49.8 Å². The molecule has 1 N–H and O–H groups in total. The van der Waals surface area contributed by atoms with Crippen molar-refractivity contribution >= 4 is 6.09 Å². The molecule has 0 aromatic rings. The molecule has 1 heterocycles. The lowest BCUT2D eigenvalue weighted by molar-refractivity contribution is 0.0245. The number of amides is 1.